The van der Waals surface area contributed by atoms with Crippen LogP contribution in [0.2, 0.25) is 0 Å². The van der Waals surface area contributed by atoms with Gasteiger partial charge in [-0.1, -0.05) is 13.0 Å². The molecule has 1 heterocycles. The number of hydrogen-bond acceptors (Lipinski definition) is 4. The van der Waals surface area contributed by atoms with E-state index in [0.717, 1.165) is 6.07 Å². The minimum atomic E-state index is -2.98. The summed E-state index contributed by atoms with van der Waals surface area (Å²) in [5, 5.41) is 11.5. The van der Waals surface area contributed by atoms with Crippen molar-refractivity contribution in [2.45, 2.75) is 26.9 Å². The summed E-state index contributed by atoms with van der Waals surface area (Å²) in [7, 11) is 0. The first-order chi connectivity index (χ1) is 11.3. The smallest absolute Gasteiger partial charge is 0.387 e. The minimum Gasteiger partial charge on any atom is -0.478 e. The minimum absolute atomic E-state index is 0.0669. The number of anilines is 1. The van der Waals surface area contributed by atoms with Gasteiger partial charge in [-0.15, -0.1) is 0 Å². The largest absolute Gasteiger partial charge is 0.478 e. The number of aryl methyl sites for hydroxylation is 2. The summed E-state index contributed by atoms with van der Waals surface area (Å²) in [6, 6.07) is 5.39. The highest BCUT2D eigenvalue weighted by atomic mass is 19.3. The third-order valence-electron chi connectivity index (χ3n) is 3.25. The maximum Gasteiger partial charge on any atom is 0.387 e. The lowest BCUT2D eigenvalue weighted by Crippen LogP contribution is -2.11. The number of ether oxygens (including phenoxy) is 1. The van der Waals surface area contributed by atoms with Crippen LogP contribution >= 0.6 is 0 Å². The summed E-state index contributed by atoms with van der Waals surface area (Å²) in [5.74, 6) is -1.95. The van der Waals surface area contributed by atoms with Gasteiger partial charge in [0.25, 0.3) is 5.91 Å². The maximum atomic E-state index is 12.3. The molecule has 128 valence electrons. The molecule has 0 saturated carbocycles. The molecule has 0 aliphatic rings. The molecule has 0 unspecified atom stereocenters. The second-order valence-electron chi connectivity index (χ2n) is 4.92. The van der Waals surface area contributed by atoms with E-state index in [4.69, 9.17) is 9.52 Å². The van der Waals surface area contributed by atoms with Crippen LogP contribution in [0.4, 0.5) is 14.5 Å². The Labute approximate surface area is 136 Å². The maximum absolute atomic E-state index is 12.3. The Morgan fingerprint density at radius 3 is 2.58 bits per heavy atom. The number of halogens is 2. The summed E-state index contributed by atoms with van der Waals surface area (Å²) in [4.78, 5) is 23.2. The van der Waals surface area contributed by atoms with E-state index in [-0.39, 0.29) is 28.5 Å². The van der Waals surface area contributed by atoms with Crippen LogP contribution < -0.4 is 10.1 Å². The number of hydrogen-bond donors (Lipinski definition) is 2. The molecule has 2 N–H and O–H groups in total. The van der Waals surface area contributed by atoms with Gasteiger partial charge in [0.15, 0.2) is 5.76 Å². The third-order valence-corrected chi connectivity index (χ3v) is 3.25. The number of carboxylic acids is 1. The van der Waals surface area contributed by atoms with E-state index in [1.165, 1.54) is 18.2 Å². The van der Waals surface area contributed by atoms with E-state index in [1.807, 2.05) is 0 Å². The van der Waals surface area contributed by atoms with Gasteiger partial charge in [-0.2, -0.15) is 8.78 Å². The summed E-state index contributed by atoms with van der Waals surface area (Å²) in [6.07, 6.45) is 0.311. The summed E-state index contributed by atoms with van der Waals surface area (Å²) in [6.45, 7) is 0.300. The van der Waals surface area contributed by atoms with Crippen molar-refractivity contribution >= 4 is 17.6 Å². The monoisotopic (exact) mass is 339 g/mol. The number of nitrogens with one attached hydrogen (secondary N) is 1. The molecular weight excluding hydrogens is 324 g/mol. The summed E-state index contributed by atoms with van der Waals surface area (Å²) < 4.78 is 34.3. The van der Waals surface area contributed by atoms with E-state index >= 15 is 0 Å². The van der Waals surface area contributed by atoms with Crippen molar-refractivity contribution in [2.75, 3.05) is 5.32 Å². The zero-order valence-electron chi connectivity index (χ0n) is 12.9. The molecule has 0 atom stereocenters. The highest BCUT2D eigenvalue weighted by Gasteiger charge is 2.20. The molecule has 0 aliphatic heterocycles. The standard InChI is InChI=1S/C16H15F2NO5/c1-3-11-10(15(21)22)7-13(23-11)14(20)19-9-5-4-8(2)12(6-9)24-16(17)18/h4-7,16H,3H2,1-2H3,(H,19,20)(H,21,22). The fourth-order valence-corrected chi connectivity index (χ4v) is 2.08. The number of carboxylic acid groups (broad SMARTS) is 1. The zero-order chi connectivity index (χ0) is 17.9. The van der Waals surface area contributed by atoms with E-state index in [0.29, 0.717) is 12.0 Å². The van der Waals surface area contributed by atoms with Crippen LogP contribution in [0, 0.1) is 6.92 Å². The quantitative estimate of drug-likeness (QED) is 0.838. The molecule has 0 aliphatic carbocycles. The van der Waals surface area contributed by atoms with Crippen molar-refractivity contribution in [2.24, 2.45) is 0 Å². The van der Waals surface area contributed by atoms with E-state index in [9.17, 15) is 18.4 Å². The molecule has 2 rings (SSSR count). The molecule has 1 aromatic carbocycles. The average molecular weight is 339 g/mol. The number of furan rings is 1. The fraction of sp³-hybridized carbons (Fsp3) is 0.250. The molecule has 6 nitrogen and oxygen atoms in total. The molecule has 1 amide bonds. The van der Waals surface area contributed by atoms with Gasteiger partial charge in [-0.05, 0) is 18.6 Å². The number of amides is 1. The van der Waals surface area contributed by atoms with E-state index < -0.39 is 18.5 Å². The van der Waals surface area contributed by atoms with Crippen molar-refractivity contribution in [3.8, 4) is 5.75 Å². The van der Waals surface area contributed by atoms with Gasteiger partial charge in [0.2, 0.25) is 0 Å². The predicted octanol–water partition coefficient (Wildman–Crippen LogP) is 3.70. The van der Waals surface area contributed by atoms with Gasteiger partial charge in [-0.3, -0.25) is 4.79 Å². The van der Waals surface area contributed by atoms with Gasteiger partial charge < -0.3 is 19.6 Å². The van der Waals surface area contributed by atoms with Crippen LogP contribution in [0.3, 0.4) is 0 Å². The first-order valence-corrected chi connectivity index (χ1v) is 7.04. The zero-order valence-corrected chi connectivity index (χ0v) is 12.9. The van der Waals surface area contributed by atoms with Crippen molar-refractivity contribution in [1.82, 2.24) is 0 Å². The molecule has 0 bridgehead atoms. The molecule has 8 heteroatoms. The summed E-state index contributed by atoms with van der Waals surface area (Å²) >= 11 is 0. The Morgan fingerprint density at radius 1 is 1.33 bits per heavy atom. The Hall–Kier alpha value is -2.90. The summed E-state index contributed by atoms with van der Waals surface area (Å²) in [5.41, 5.74) is 0.605. The lowest BCUT2D eigenvalue weighted by atomic mass is 10.2. The average Bonchev–Trinajstić information content (AvgIpc) is 2.94. The molecule has 0 saturated heterocycles. The highest BCUT2D eigenvalue weighted by molar-refractivity contribution is 6.04. The first-order valence-electron chi connectivity index (χ1n) is 7.04. The van der Waals surface area contributed by atoms with E-state index in [2.05, 4.69) is 10.1 Å². The molecule has 24 heavy (non-hydrogen) atoms. The Balaban J connectivity index is 2.22. The molecule has 0 radical (unpaired) electrons. The van der Waals surface area contributed by atoms with Gasteiger partial charge >= 0.3 is 12.6 Å². The van der Waals surface area contributed by atoms with Gasteiger partial charge in [0.1, 0.15) is 17.1 Å². The molecule has 2 aromatic rings. The van der Waals surface area contributed by atoms with Crippen molar-refractivity contribution in [1.29, 1.82) is 0 Å². The number of aromatic carboxylic acids is 1. The van der Waals surface area contributed by atoms with Crippen molar-refractivity contribution in [3.05, 3.63) is 46.9 Å². The number of carbonyl (C=O) groups is 2. The van der Waals surface area contributed by atoms with Crippen molar-refractivity contribution < 1.29 is 32.6 Å². The number of carbonyl (C=O) groups excluding carboxylic acids is 1. The lowest BCUT2D eigenvalue weighted by molar-refractivity contribution is -0.0502. The Bertz CT molecular complexity index is 770. The second-order valence-corrected chi connectivity index (χ2v) is 4.92. The van der Waals surface area contributed by atoms with Crippen LogP contribution in [0.1, 0.15) is 39.2 Å². The Morgan fingerprint density at radius 2 is 2.04 bits per heavy atom. The Kier molecular flexibility index (Phi) is 5.18. The van der Waals surface area contributed by atoms with Crippen LogP contribution in [-0.4, -0.2) is 23.6 Å². The number of rotatable bonds is 6. The van der Waals surface area contributed by atoms with Gasteiger partial charge in [0, 0.05) is 24.2 Å². The fourth-order valence-electron chi connectivity index (χ4n) is 2.08. The molecule has 0 fully saturated rings. The molecule has 0 spiro atoms. The second kappa shape index (κ2) is 7.12. The highest BCUT2D eigenvalue weighted by Crippen LogP contribution is 2.25. The molecular formula is C16H15F2NO5. The van der Waals surface area contributed by atoms with Gasteiger partial charge in [-0.25, -0.2) is 4.79 Å². The third kappa shape index (κ3) is 3.89. The molecule has 1 aromatic heterocycles. The van der Waals surface area contributed by atoms with Crippen molar-refractivity contribution in [3.63, 3.8) is 0 Å². The normalized spacial score (nSPS) is 10.7. The number of benzene rings is 1. The van der Waals surface area contributed by atoms with Crippen LogP contribution in [0.15, 0.2) is 28.7 Å². The topological polar surface area (TPSA) is 88.8 Å². The lowest BCUT2D eigenvalue weighted by Gasteiger charge is -2.10. The van der Waals surface area contributed by atoms with Crippen LogP contribution in [0.5, 0.6) is 5.75 Å². The SMILES string of the molecule is CCc1oc(C(=O)Nc2ccc(C)c(OC(F)F)c2)cc1C(=O)O. The number of alkyl halides is 2. The first kappa shape index (κ1) is 17.5. The van der Waals surface area contributed by atoms with Crippen LogP contribution in [0.25, 0.3) is 0 Å². The predicted molar refractivity (Wildman–Crippen MR) is 80.8 cm³/mol. The van der Waals surface area contributed by atoms with E-state index in [1.54, 1.807) is 13.8 Å². The van der Waals surface area contributed by atoms with Crippen LogP contribution in [-0.2, 0) is 6.42 Å². The van der Waals surface area contributed by atoms with Gasteiger partial charge in [0.05, 0.1) is 0 Å².